The number of hydrogen-bond donors (Lipinski definition) is 2. The van der Waals surface area contributed by atoms with Crippen LogP contribution >= 0.6 is 0 Å². The number of carbonyl (C=O) groups is 1. The standard InChI is InChI=1S/C18H15F2N3O2/c1-10-16(21-18(24)12-5-3-4-6-15(12)25-2)17(23-22-10)11-7-8-13(19)14(20)9-11/h3-9H,1-2H3,(H,21,24)(H,22,23). The van der Waals surface area contributed by atoms with E-state index in [-0.39, 0.29) is 0 Å². The van der Waals surface area contributed by atoms with Gasteiger partial charge in [0.25, 0.3) is 5.91 Å². The van der Waals surface area contributed by atoms with Crippen LogP contribution in [-0.4, -0.2) is 23.2 Å². The van der Waals surface area contributed by atoms with Crippen LogP contribution in [0.2, 0.25) is 0 Å². The van der Waals surface area contributed by atoms with E-state index >= 15 is 0 Å². The number of ether oxygens (including phenoxy) is 1. The van der Waals surface area contributed by atoms with Crippen molar-refractivity contribution < 1.29 is 18.3 Å². The molecule has 0 spiro atoms. The first-order valence-electron chi connectivity index (χ1n) is 7.46. The first-order valence-corrected chi connectivity index (χ1v) is 7.46. The zero-order chi connectivity index (χ0) is 18.0. The SMILES string of the molecule is COc1ccccc1C(=O)Nc1c(-c2ccc(F)c(F)c2)n[nH]c1C. The Bertz CT molecular complexity index is 938. The maximum atomic E-state index is 13.5. The Labute approximate surface area is 142 Å². The van der Waals surface area contributed by atoms with Crippen molar-refractivity contribution in [2.75, 3.05) is 12.4 Å². The van der Waals surface area contributed by atoms with Crippen LogP contribution in [0.1, 0.15) is 16.1 Å². The molecule has 25 heavy (non-hydrogen) atoms. The van der Waals surface area contributed by atoms with Gasteiger partial charge in [-0.3, -0.25) is 9.89 Å². The average Bonchev–Trinajstić information content (AvgIpc) is 2.98. The van der Waals surface area contributed by atoms with Gasteiger partial charge in [0.2, 0.25) is 0 Å². The van der Waals surface area contributed by atoms with Crippen LogP contribution in [-0.2, 0) is 0 Å². The molecule has 0 fully saturated rings. The number of methoxy groups -OCH3 is 1. The van der Waals surface area contributed by atoms with Gasteiger partial charge in [0.05, 0.1) is 24.1 Å². The molecule has 2 N–H and O–H groups in total. The van der Waals surface area contributed by atoms with Crippen molar-refractivity contribution in [1.29, 1.82) is 0 Å². The Morgan fingerprint density at radius 2 is 1.92 bits per heavy atom. The first kappa shape index (κ1) is 16.6. The molecule has 2 aromatic carbocycles. The summed E-state index contributed by atoms with van der Waals surface area (Å²) < 4.78 is 31.8. The third kappa shape index (κ3) is 3.21. The molecule has 0 aliphatic carbocycles. The summed E-state index contributed by atoms with van der Waals surface area (Å²) in [5.41, 5.74) is 1.99. The number of hydrogen-bond acceptors (Lipinski definition) is 3. The van der Waals surface area contributed by atoms with Crippen LogP contribution in [0.5, 0.6) is 5.75 Å². The van der Waals surface area contributed by atoms with E-state index in [0.29, 0.717) is 34.0 Å². The number of anilines is 1. The molecule has 0 aliphatic heterocycles. The average molecular weight is 343 g/mol. The third-order valence-corrected chi connectivity index (χ3v) is 3.73. The van der Waals surface area contributed by atoms with Crippen LogP contribution in [0, 0.1) is 18.6 Å². The normalized spacial score (nSPS) is 10.6. The topological polar surface area (TPSA) is 67.0 Å². The van der Waals surface area contributed by atoms with Crippen molar-refractivity contribution in [2.24, 2.45) is 0 Å². The molecule has 0 saturated heterocycles. The molecule has 0 bridgehead atoms. The molecular formula is C18H15F2N3O2. The van der Waals surface area contributed by atoms with Gasteiger partial charge in [0.1, 0.15) is 11.4 Å². The highest BCUT2D eigenvalue weighted by Gasteiger charge is 2.19. The van der Waals surface area contributed by atoms with Crippen molar-refractivity contribution in [2.45, 2.75) is 6.92 Å². The minimum absolute atomic E-state index is 0.319. The van der Waals surface area contributed by atoms with E-state index in [4.69, 9.17) is 4.74 Å². The Balaban J connectivity index is 1.97. The van der Waals surface area contributed by atoms with Crippen molar-refractivity contribution in [3.63, 3.8) is 0 Å². The van der Waals surface area contributed by atoms with Gasteiger partial charge in [0.15, 0.2) is 11.6 Å². The van der Waals surface area contributed by atoms with Gasteiger partial charge in [-0.15, -0.1) is 0 Å². The molecule has 0 saturated carbocycles. The second-order valence-electron chi connectivity index (χ2n) is 5.36. The molecule has 128 valence electrons. The number of aromatic amines is 1. The summed E-state index contributed by atoms with van der Waals surface area (Å²) >= 11 is 0. The van der Waals surface area contributed by atoms with E-state index < -0.39 is 17.5 Å². The smallest absolute Gasteiger partial charge is 0.259 e. The fraction of sp³-hybridized carbons (Fsp3) is 0.111. The van der Waals surface area contributed by atoms with E-state index in [0.717, 1.165) is 12.1 Å². The van der Waals surface area contributed by atoms with Gasteiger partial charge in [-0.2, -0.15) is 5.10 Å². The van der Waals surface area contributed by atoms with Gasteiger partial charge >= 0.3 is 0 Å². The summed E-state index contributed by atoms with van der Waals surface area (Å²) in [7, 11) is 1.47. The number of carbonyl (C=O) groups excluding carboxylic acids is 1. The summed E-state index contributed by atoms with van der Waals surface area (Å²) in [6.45, 7) is 1.72. The summed E-state index contributed by atoms with van der Waals surface area (Å²) in [6, 6.07) is 10.2. The summed E-state index contributed by atoms with van der Waals surface area (Å²) in [5.74, 6) is -1.91. The second kappa shape index (κ2) is 6.72. The molecule has 3 rings (SSSR count). The number of para-hydroxylation sites is 1. The number of rotatable bonds is 4. The number of amides is 1. The van der Waals surface area contributed by atoms with Gasteiger partial charge < -0.3 is 10.1 Å². The molecular weight excluding hydrogens is 328 g/mol. The van der Waals surface area contributed by atoms with E-state index in [1.54, 1.807) is 31.2 Å². The molecule has 1 heterocycles. The van der Waals surface area contributed by atoms with Crippen LogP contribution in [0.25, 0.3) is 11.3 Å². The maximum absolute atomic E-state index is 13.5. The van der Waals surface area contributed by atoms with Gasteiger partial charge in [0, 0.05) is 5.56 Å². The minimum atomic E-state index is -0.986. The quantitative estimate of drug-likeness (QED) is 0.754. The van der Waals surface area contributed by atoms with E-state index in [1.807, 2.05) is 0 Å². The minimum Gasteiger partial charge on any atom is -0.496 e. The zero-order valence-electron chi connectivity index (χ0n) is 13.6. The predicted molar refractivity (Wildman–Crippen MR) is 89.6 cm³/mol. The monoisotopic (exact) mass is 343 g/mol. The second-order valence-corrected chi connectivity index (χ2v) is 5.36. The van der Waals surface area contributed by atoms with Gasteiger partial charge in [-0.05, 0) is 37.3 Å². The van der Waals surface area contributed by atoms with Gasteiger partial charge in [-0.1, -0.05) is 12.1 Å². The van der Waals surface area contributed by atoms with Crippen LogP contribution in [0.4, 0.5) is 14.5 Å². The lowest BCUT2D eigenvalue weighted by molar-refractivity contribution is 0.102. The molecule has 5 nitrogen and oxygen atoms in total. The molecule has 0 radical (unpaired) electrons. The Morgan fingerprint density at radius 3 is 2.64 bits per heavy atom. The molecule has 3 aromatic rings. The zero-order valence-corrected chi connectivity index (χ0v) is 13.6. The number of nitrogens with one attached hydrogen (secondary N) is 2. The number of nitrogens with zero attached hydrogens (tertiary/aromatic N) is 1. The van der Waals surface area contributed by atoms with Crippen molar-refractivity contribution in [1.82, 2.24) is 10.2 Å². The third-order valence-electron chi connectivity index (χ3n) is 3.73. The maximum Gasteiger partial charge on any atom is 0.259 e. The molecule has 1 aromatic heterocycles. The largest absolute Gasteiger partial charge is 0.496 e. The number of halogens is 2. The van der Waals surface area contributed by atoms with Gasteiger partial charge in [-0.25, -0.2) is 8.78 Å². The highest BCUT2D eigenvalue weighted by molar-refractivity contribution is 6.08. The number of aryl methyl sites for hydroxylation is 1. The van der Waals surface area contributed by atoms with E-state index in [2.05, 4.69) is 15.5 Å². The molecule has 0 atom stereocenters. The van der Waals surface area contributed by atoms with Crippen molar-refractivity contribution >= 4 is 11.6 Å². The lowest BCUT2D eigenvalue weighted by atomic mass is 10.1. The lowest BCUT2D eigenvalue weighted by Crippen LogP contribution is -2.14. The fourth-order valence-corrected chi connectivity index (χ4v) is 2.45. The van der Waals surface area contributed by atoms with Crippen LogP contribution in [0.15, 0.2) is 42.5 Å². The highest BCUT2D eigenvalue weighted by atomic mass is 19.2. The first-order chi connectivity index (χ1) is 12.0. The van der Waals surface area contributed by atoms with E-state index in [1.165, 1.54) is 13.2 Å². The predicted octanol–water partition coefficient (Wildman–Crippen LogP) is 3.92. The van der Waals surface area contributed by atoms with Crippen LogP contribution in [0.3, 0.4) is 0 Å². The number of benzene rings is 2. The Morgan fingerprint density at radius 1 is 1.16 bits per heavy atom. The van der Waals surface area contributed by atoms with Crippen molar-refractivity contribution in [3.05, 3.63) is 65.4 Å². The Hall–Kier alpha value is -3.22. The molecule has 0 aliphatic rings. The Kier molecular flexibility index (Phi) is 4.47. The highest BCUT2D eigenvalue weighted by Crippen LogP contribution is 2.30. The van der Waals surface area contributed by atoms with E-state index in [9.17, 15) is 13.6 Å². The number of H-pyrrole nitrogens is 1. The van der Waals surface area contributed by atoms with Crippen molar-refractivity contribution in [3.8, 4) is 17.0 Å². The number of aromatic nitrogens is 2. The fourth-order valence-electron chi connectivity index (χ4n) is 2.45. The summed E-state index contributed by atoms with van der Waals surface area (Å²) in [6.07, 6.45) is 0. The van der Waals surface area contributed by atoms with Crippen LogP contribution < -0.4 is 10.1 Å². The molecule has 0 unspecified atom stereocenters. The summed E-state index contributed by atoms with van der Waals surface area (Å²) in [4.78, 5) is 12.6. The molecule has 7 heteroatoms. The molecule has 1 amide bonds. The summed E-state index contributed by atoms with van der Waals surface area (Å²) in [5, 5.41) is 9.58. The lowest BCUT2D eigenvalue weighted by Gasteiger charge is -2.10.